The summed E-state index contributed by atoms with van der Waals surface area (Å²) in [5.74, 6) is -0.0777. The molecule has 0 saturated carbocycles. The van der Waals surface area contributed by atoms with Crippen LogP contribution in [0.25, 0.3) is 0 Å². The highest BCUT2D eigenvalue weighted by molar-refractivity contribution is 6.29. The van der Waals surface area contributed by atoms with E-state index in [-0.39, 0.29) is 10.7 Å². The number of nitrogens with zero attached hydrogens (tertiary/aromatic N) is 3. The van der Waals surface area contributed by atoms with Crippen molar-refractivity contribution in [2.75, 3.05) is 0 Å². The van der Waals surface area contributed by atoms with E-state index in [0.717, 1.165) is 12.3 Å². The minimum absolute atomic E-state index is 0.00593. The van der Waals surface area contributed by atoms with Gasteiger partial charge in [0.1, 0.15) is 22.7 Å². The van der Waals surface area contributed by atoms with E-state index in [1.54, 1.807) is 19.3 Å². The fraction of sp³-hybridized carbons (Fsp3) is 0.182. The predicted octanol–water partition coefficient (Wildman–Crippen LogP) is 1.86. The lowest BCUT2D eigenvalue weighted by atomic mass is 10.2. The molecule has 2 rings (SSSR count). The number of hydrogen-bond donors (Lipinski definition) is 2. The predicted molar refractivity (Wildman–Crippen MR) is 70.4 cm³/mol. The van der Waals surface area contributed by atoms with Crippen LogP contribution in [0.5, 0.6) is 0 Å². The molecule has 0 aliphatic heterocycles. The van der Waals surface area contributed by atoms with Crippen LogP contribution in [0.2, 0.25) is 5.15 Å². The molecule has 9 heteroatoms. The number of imidazole rings is 1. The summed E-state index contributed by atoms with van der Waals surface area (Å²) in [4.78, 5) is 32.7. The highest BCUT2D eigenvalue weighted by Crippen LogP contribution is 2.21. The maximum absolute atomic E-state index is 12.1. The Kier molecular flexibility index (Phi) is 3.94. The Bertz CT molecular complexity index is 644. The van der Waals surface area contributed by atoms with Gasteiger partial charge in [0.05, 0.1) is 11.0 Å². The van der Waals surface area contributed by atoms with Crippen molar-refractivity contribution in [3.8, 4) is 0 Å². The number of rotatable bonds is 4. The van der Waals surface area contributed by atoms with Gasteiger partial charge in [-0.3, -0.25) is 14.9 Å². The van der Waals surface area contributed by atoms with Crippen LogP contribution < -0.4 is 5.32 Å². The molecule has 8 nitrogen and oxygen atoms in total. The van der Waals surface area contributed by atoms with Crippen LogP contribution >= 0.6 is 11.6 Å². The Morgan fingerprint density at radius 3 is 2.90 bits per heavy atom. The Labute approximate surface area is 118 Å². The number of H-pyrrole nitrogens is 1. The normalized spacial score (nSPS) is 11.9. The average Bonchev–Trinajstić information content (AvgIpc) is 2.92. The Morgan fingerprint density at radius 1 is 1.55 bits per heavy atom. The molecule has 0 spiro atoms. The lowest BCUT2D eigenvalue weighted by molar-refractivity contribution is -0.385. The van der Waals surface area contributed by atoms with Crippen molar-refractivity contribution < 1.29 is 9.72 Å². The topological polar surface area (TPSA) is 114 Å². The number of halogens is 1. The first-order chi connectivity index (χ1) is 9.49. The Hall–Kier alpha value is -2.48. The summed E-state index contributed by atoms with van der Waals surface area (Å²) < 4.78 is 0. The van der Waals surface area contributed by atoms with Gasteiger partial charge in [-0.15, -0.1) is 0 Å². The van der Waals surface area contributed by atoms with E-state index in [2.05, 4.69) is 20.3 Å². The molecular formula is C11H10ClN5O3. The second kappa shape index (κ2) is 5.66. The van der Waals surface area contributed by atoms with Crippen LogP contribution in [-0.4, -0.2) is 25.8 Å². The molecule has 20 heavy (non-hydrogen) atoms. The van der Waals surface area contributed by atoms with Crippen molar-refractivity contribution in [2.45, 2.75) is 13.0 Å². The first-order valence-electron chi connectivity index (χ1n) is 5.59. The number of carbonyl (C=O) groups is 1. The highest BCUT2D eigenvalue weighted by Gasteiger charge is 2.23. The van der Waals surface area contributed by atoms with Gasteiger partial charge in [0.2, 0.25) is 0 Å². The van der Waals surface area contributed by atoms with E-state index in [9.17, 15) is 14.9 Å². The largest absolute Gasteiger partial charge is 0.347 e. The Morgan fingerprint density at radius 2 is 2.30 bits per heavy atom. The van der Waals surface area contributed by atoms with Crippen LogP contribution in [0, 0.1) is 10.1 Å². The molecule has 2 N–H and O–H groups in total. The standard InChI is InChI=1S/C11H10ClN5O3/c1-6(10-13-2-3-14-10)16-11(18)7-4-9(12)15-5-8(7)17(19)20/h2-6H,1H3,(H,13,14)(H,16,18). The molecule has 0 fully saturated rings. The molecule has 0 aliphatic carbocycles. The number of carbonyl (C=O) groups excluding carboxylic acids is 1. The van der Waals surface area contributed by atoms with Crippen LogP contribution in [0.4, 0.5) is 5.69 Å². The number of nitrogens with one attached hydrogen (secondary N) is 2. The molecule has 104 valence electrons. The number of amides is 1. The highest BCUT2D eigenvalue weighted by atomic mass is 35.5. The summed E-state index contributed by atoms with van der Waals surface area (Å²) in [6.07, 6.45) is 4.11. The monoisotopic (exact) mass is 295 g/mol. The number of nitro groups is 1. The number of aromatic nitrogens is 3. The van der Waals surface area contributed by atoms with Gasteiger partial charge >= 0.3 is 0 Å². The zero-order chi connectivity index (χ0) is 14.7. The second-order valence-corrected chi connectivity index (χ2v) is 4.34. The molecular weight excluding hydrogens is 286 g/mol. The van der Waals surface area contributed by atoms with Crippen molar-refractivity contribution in [1.29, 1.82) is 0 Å². The molecule has 2 heterocycles. The van der Waals surface area contributed by atoms with Crippen molar-refractivity contribution >= 4 is 23.2 Å². The number of pyridine rings is 1. The van der Waals surface area contributed by atoms with Gasteiger partial charge in [0, 0.05) is 12.4 Å². The zero-order valence-electron chi connectivity index (χ0n) is 10.3. The molecule has 1 unspecified atom stereocenters. The van der Waals surface area contributed by atoms with Gasteiger partial charge < -0.3 is 10.3 Å². The van der Waals surface area contributed by atoms with E-state index in [0.29, 0.717) is 5.82 Å². The first kappa shape index (κ1) is 13.9. The van der Waals surface area contributed by atoms with Crippen LogP contribution in [0.1, 0.15) is 29.1 Å². The van der Waals surface area contributed by atoms with E-state index in [1.165, 1.54) is 0 Å². The maximum Gasteiger partial charge on any atom is 0.300 e. The SMILES string of the molecule is CC(NC(=O)c1cc(Cl)ncc1[N+](=O)[O-])c1ncc[nH]1. The molecule has 1 amide bonds. The summed E-state index contributed by atoms with van der Waals surface area (Å²) in [5, 5.41) is 13.5. The van der Waals surface area contributed by atoms with Crippen molar-refractivity contribution in [3.63, 3.8) is 0 Å². The van der Waals surface area contributed by atoms with Gasteiger partial charge in [-0.1, -0.05) is 11.6 Å². The zero-order valence-corrected chi connectivity index (χ0v) is 11.1. The molecule has 0 saturated heterocycles. The lowest BCUT2D eigenvalue weighted by Crippen LogP contribution is -2.28. The third-order valence-corrected chi connectivity index (χ3v) is 2.77. The summed E-state index contributed by atoms with van der Waals surface area (Å²) >= 11 is 5.67. The quantitative estimate of drug-likeness (QED) is 0.507. The van der Waals surface area contributed by atoms with Crippen molar-refractivity contribution in [2.24, 2.45) is 0 Å². The van der Waals surface area contributed by atoms with Crippen LogP contribution in [0.3, 0.4) is 0 Å². The van der Waals surface area contributed by atoms with Crippen LogP contribution in [0.15, 0.2) is 24.7 Å². The Balaban J connectivity index is 2.25. The van der Waals surface area contributed by atoms with Crippen molar-refractivity contribution in [1.82, 2.24) is 20.3 Å². The molecule has 0 aliphatic rings. The number of hydrogen-bond acceptors (Lipinski definition) is 5. The second-order valence-electron chi connectivity index (χ2n) is 3.95. The fourth-order valence-electron chi connectivity index (χ4n) is 1.61. The van der Waals surface area contributed by atoms with Gasteiger partial charge in [-0.25, -0.2) is 9.97 Å². The molecule has 0 bridgehead atoms. The average molecular weight is 296 g/mol. The van der Waals surface area contributed by atoms with Crippen LogP contribution in [-0.2, 0) is 0 Å². The van der Waals surface area contributed by atoms with Gasteiger partial charge in [0.25, 0.3) is 11.6 Å². The molecule has 0 aromatic carbocycles. The molecule has 0 radical (unpaired) electrons. The number of aromatic amines is 1. The molecule has 1 atom stereocenters. The minimum atomic E-state index is -0.685. The van der Waals surface area contributed by atoms with Gasteiger partial charge in [-0.05, 0) is 13.0 Å². The summed E-state index contributed by atoms with van der Waals surface area (Å²) in [6.45, 7) is 1.70. The maximum atomic E-state index is 12.1. The lowest BCUT2D eigenvalue weighted by Gasteiger charge is -2.11. The molecule has 2 aromatic rings. The van der Waals surface area contributed by atoms with E-state index < -0.39 is 22.6 Å². The third-order valence-electron chi connectivity index (χ3n) is 2.57. The summed E-state index contributed by atoms with van der Waals surface area (Å²) in [7, 11) is 0. The third kappa shape index (κ3) is 2.91. The smallest absolute Gasteiger partial charge is 0.300 e. The van der Waals surface area contributed by atoms with E-state index in [1.807, 2.05) is 0 Å². The van der Waals surface area contributed by atoms with E-state index in [4.69, 9.17) is 11.6 Å². The minimum Gasteiger partial charge on any atom is -0.347 e. The summed E-state index contributed by atoms with van der Waals surface area (Å²) in [6, 6.07) is 0.730. The molecule has 2 aromatic heterocycles. The van der Waals surface area contributed by atoms with Gasteiger partial charge in [0.15, 0.2) is 0 Å². The van der Waals surface area contributed by atoms with Gasteiger partial charge in [-0.2, -0.15) is 0 Å². The van der Waals surface area contributed by atoms with Crippen molar-refractivity contribution in [3.05, 3.63) is 51.3 Å². The summed E-state index contributed by atoms with van der Waals surface area (Å²) in [5.41, 5.74) is -0.549. The first-order valence-corrected chi connectivity index (χ1v) is 5.97. The van der Waals surface area contributed by atoms with E-state index >= 15 is 0 Å². The fourth-order valence-corrected chi connectivity index (χ4v) is 1.76.